The van der Waals surface area contributed by atoms with Crippen LogP contribution in [0.1, 0.15) is 62.9 Å². The smallest absolute Gasteiger partial charge is 0.287 e. The molecule has 0 spiro atoms. The lowest BCUT2D eigenvalue weighted by Crippen LogP contribution is -2.65. The van der Waals surface area contributed by atoms with Gasteiger partial charge < -0.3 is 9.73 Å². The molecule has 0 saturated heterocycles. The van der Waals surface area contributed by atoms with Gasteiger partial charge in [-0.15, -0.1) is 0 Å². The van der Waals surface area contributed by atoms with E-state index in [9.17, 15) is 4.79 Å². The van der Waals surface area contributed by atoms with Gasteiger partial charge in [0, 0.05) is 11.1 Å². The highest BCUT2D eigenvalue weighted by atomic mass is 35.5. The van der Waals surface area contributed by atoms with Crippen LogP contribution >= 0.6 is 23.2 Å². The Balaban J connectivity index is 1.38. The maximum atomic E-state index is 13.1. The minimum atomic E-state index is -0.111. The van der Waals surface area contributed by atoms with Crippen molar-refractivity contribution >= 4 is 29.1 Å². The fourth-order valence-corrected chi connectivity index (χ4v) is 7.45. The molecule has 0 radical (unpaired) electrons. The van der Waals surface area contributed by atoms with Gasteiger partial charge in [0.2, 0.25) is 0 Å². The van der Waals surface area contributed by atoms with Crippen LogP contribution < -0.4 is 5.32 Å². The van der Waals surface area contributed by atoms with Gasteiger partial charge in [-0.3, -0.25) is 4.79 Å². The van der Waals surface area contributed by atoms with Crippen LogP contribution in [0.5, 0.6) is 0 Å². The Morgan fingerprint density at radius 1 is 1.00 bits per heavy atom. The lowest BCUT2D eigenvalue weighted by Gasteiger charge is -2.65. The lowest BCUT2D eigenvalue weighted by molar-refractivity contribution is -0.114. The molecule has 5 heteroatoms. The third kappa shape index (κ3) is 3.07. The van der Waals surface area contributed by atoms with Gasteiger partial charge in [0.05, 0.1) is 10.0 Å². The van der Waals surface area contributed by atoms with E-state index in [1.807, 2.05) is 12.1 Å². The minimum Gasteiger partial charge on any atom is -0.451 e. The van der Waals surface area contributed by atoms with Gasteiger partial charge >= 0.3 is 0 Å². The zero-order valence-corrected chi connectivity index (χ0v) is 17.8. The predicted octanol–water partition coefficient (Wildman–Crippen LogP) is 6.73. The molecule has 1 N–H and O–H groups in total. The van der Waals surface area contributed by atoms with E-state index in [2.05, 4.69) is 19.2 Å². The van der Waals surface area contributed by atoms with Crippen molar-refractivity contribution < 1.29 is 9.21 Å². The second-order valence-corrected chi connectivity index (χ2v) is 11.0. The second kappa shape index (κ2) is 6.03. The zero-order valence-electron chi connectivity index (χ0n) is 16.3. The van der Waals surface area contributed by atoms with E-state index in [0.717, 1.165) is 30.7 Å². The van der Waals surface area contributed by atoms with Crippen LogP contribution in [-0.4, -0.2) is 11.4 Å². The number of amides is 1. The van der Waals surface area contributed by atoms with E-state index in [4.69, 9.17) is 27.6 Å². The molecule has 1 heterocycles. The van der Waals surface area contributed by atoms with Crippen molar-refractivity contribution in [2.24, 2.45) is 16.7 Å². The molecular weight excluding hydrogens is 393 g/mol. The second-order valence-electron chi connectivity index (χ2n) is 10.2. The summed E-state index contributed by atoms with van der Waals surface area (Å²) in [4.78, 5) is 13.1. The van der Waals surface area contributed by atoms with E-state index >= 15 is 0 Å². The number of benzene rings is 1. The van der Waals surface area contributed by atoms with E-state index < -0.39 is 0 Å². The number of furan rings is 1. The molecule has 148 valence electrons. The van der Waals surface area contributed by atoms with Gasteiger partial charge in [-0.25, -0.2) is 0 Å². The summed E-state index contributed by atoms with van der Waals surface area (Å²) in [6.45, 7) is 4.82. The SMILES string of the molecule is C[C@]12CC3CC(NC(=O)c4ccc(-c5ccc(Cl)c(Cl)c5)o4)(C1)C[C@@](C)(C3)C2. The van der Waals surface area contributed by atoms with Crippen molar-refractivity contribution in [3.05, 3.63) is 46.1 Å². The minimum absolute atomic E-state index is 0.0868. The molecule has 4 bridgehead atoms. The highest BCUT2D eigenvalue weighted by molar-refractivity contribution is 6.42. The highest BCUT2D eigenvalue weighted by Gasteiger charge is 2.60. The molecule has 1 aromatic heterocycles. The van der Waals surface area contributed by atoms with E-state index in [1.165, 1.54) is 19.3 Å². The third-order valence-electron chi connectivity index (χ3n) is 7.04. The third-order valence-corrected chi connectivity index (χ3v) is 7.78. The summed E-state index contributed by atoms with van der Waals surface area (Å²) in [6.07, 6.45) is 7.17. The summed E-state index contributed by atoms with van der Waals surface area (Å²) in [5.74, 6) is 1.59. The van der Waals surface area contributed by atoms with Gasteiger partial charge in [-0.05, 0) is 85.6 Å². The Bertz CT molecular complexity index is 947. The average molecular weight is 418 g/mol. The fraction of sp³-hybridized carbons (Fsp3) is 0.522. The molecule has 4 aliphatic carbocycles. The molecule has 6 rings (SSSR count). The molecule has 4 aliphatic rings. The monoisotopic (exact) mass is 417 g/mol. The largest absolute Gasteiger partial charge is 0.451 e. The Morgan fingerprint density at radius 3 is 2.36 bits per heavy atom. The van der Waals surface area contributed by atoms with Crippen molar-refractivity contribution in [3.8, 4) is 11.3 Å². The molecule has 4 saturated carbocycles. The topological polar surface area (TPSA) is 42.2 Å². The molecule has 2 aromatic rings. The number of nitrogens with one attached hydrogen (secondary N) is 1. The number of hydrogen-bond acceptors (Lipinski definition) is 2. The van der Waals surface area contributed by atoms with Crippen LogP contribution in [-0.2, 0) is 0 Å². The molecule has 1 amide bonds. The maximum Gasteiger partial charge on any atom is 0.287 e. The Kier molecular flexibility index (Phi) is 4.00. The summed E-state index contributed by atoms with van der Waals surface area (Å²) in [6, 6.07) is 8.90. The van der Waals surface area contributed by atoms with Crippen LogP contribution in [0.3, 0.4) is 0 Å². The first-order chi connectivity index (χ1) is 13.2. The number of halogens is 2. The van der Waals surface area contributed by atoms with Crippen LogP contribution in [0.4, 0.5) is 0 Å². The first kappa shape index (κ1) is 18.6. The zero-order chi connectivity index (χ0) is 19.7. The standard InChI is InChI=1S/C23H25Cl2NO2/c1-21-8-14-9-22(2,11-21)13-23(10-14,12-21)26-20(27)19-6-5-18(28-19)15-3-4-16(24)17(25)7-15/h3-7,14H,8-13H2,1-2H3,(H,26,27)/t14?,21-,22+,23?. The van der Waals surface area contributed by atoms with E-state index in [-0.39, 0.29) is 11.4 Å². The molecule has 4 fully saturated rings. The van der Waals surface area contributed by atoms with Crippen molar-refractivity contribution in [1.82, 2.24) is 5.32 Å². The summed E-state index contributed by atoms with van der Waals surface area (Å²) in [5.41, 5.74) is 1.44. The predicted molar refractivity (Wildman–Crippen MR) is 112 cm³/mol. The molecule has 2 unspecified atom stereocenters. The van der Waals surface area contributed by atoms with Gasteiger partial charge in [-0.2, -0.15) is 0 Å². The van der Waals surface area contributed by atoms with Crippen LogP contribution in [0, 0.1) is 16.7 Å². The highest BCUT2D eigenvalue weighted by Crippen LogP contribution is 2.66. The molecule has 28 heavy (non-hydrogen) atoms. The average Bonchev–Trinajstić information content (AvgIpc) is 3.03. The summed E-state index contributed by atoms with van der Waals surface area (Å²) < 4.78 is 5.88. The number of hydrogen-bond donors (Lipinski definition) is 1. The molecular formula is C23H25Cl2NO2. The van der Waals surface area contributed by atoms with Crippen molar-refractivity contribution in [1.29, 1.82) is 0 Å². The molecule has 1 aromatic carbocycles. The Labute approximate surface area is 175 Å². The van der Waals surface area contributed by atoms with E-state index in [1.54, 1.807) is 18.2 Å². The summed E-state index contributed by atoms with van der Waals surface area (Å²) in [5, 5.41) is 4.36. The fourth-order valence-electron chi connectivity index (χ4n) is 7.15. The number of rotatable bonds is 3. The quantitative estimate of drug-likeness (QED) is 0.600. The van der Waals surface area contributed by atoms with Crippen molar-refractivity contribution in [2.75, 3.05) is 0 Å². The van der Waals surface area contributed by atoms with Crippen LogP contribution in [0.15, 0.2) is 34.7 Å². The first-order valence-corrected chi connectivity index (χ1v) is 10.8. The Hall–Kier alpha value is -1.45. The van der Waals surface area contributed by atoms with Gasteiger partial charge in [0.1, 0.15) is 5.76 Å². The maximum absolute atomic E-state index is 13.1. The molecule has 4 atom stereocenters. The first-order valence-electron chi connectivity index (χ1n) is 10.0. The van der Waals surface area contributed by atoms with Crippen molar-refractivity contribution in [2.45, 2.75) is 57.9 Å². The van der Waals surface area contributed by atoms with Gasteiger partial charge in [0.25, 0.3) is 5.91 Å². The van der Waals surface area contributed by atoms with Crippen LogP contribution in [0.25, 0.3) is 11.3 Å². The number of carbonyl (C=O) groups is 1. The van der Waals surface area contributed by atoms with Crippen LogP contribution in [0.2, 0.25) is 10.0 Å². The normalized spacial score (nSPS) is 35.9. The van der Waals surface area contributed by atoms with Crippen molar-refractivity contribution in [3.63, 3.8) is 0 Å². The Morgan fingerprint density at radius 2 is 1.71 bits per heavy atom. The molecule has 3 nitrogen and oxygen atoms in total. The summed E-state index contributed by atoms with van der Waals surface area (Å²) >= 11 is 12.1. The van der Waals surface area contributed by atoms with Gasteiger partial charge in [0.15, 0.2) is 5.76 Å². The lowest BCUT2D eigenvalue weighted by atomic mass is 9.43. The summed E-state index contributed by atoms with van der Waals surface area (Å²) in [7, 11) is 0. The van der Waals surface area contributed by atoms with E-state index in [0.29, 0.717) is 32.4 Å². The number of carbonyl (C=O) groups excluding carboxylic acids is 1. The van der Waals surface area contributed by atoms with Gasteiger partial charge in [-0.1, -0.05) is 37.0 Å². The molecule has 0 aliphatic heterocycles.